The number of benzene rings is 2. The van der Waals surface area contributed by atoms with Gasteiger partial charge in [-0.05, 0) is 47.7 Å². The zero-order valence-corrected chi connectivity index (χ0v) is 15.6. The van der Waals surface area contributed by atoms with Crippen LogP contribution in [-0.2, 0) is 9.59 Å². The first-order chi connectivity index (χ1) is 12.4. The Labute approximate surface area is 164 Å². The average Bonchev–Trinajstić information content (AvgIpc) is 2.86. The van der Waals surface area contributed by atoms with Gasteiger partial charge in [0.05, 0.1) is 4.91 Å². The van der Waals surface area contributed by atoms with Crippen LogP contribution in [-0.4, -0.2) is 28.5 Å². The first-order valence-electron chi connectivity index (χ1n) is 7.49. The molecule has 2 aromatic rings. The Morgan fingerprint density at radius 1 is 1.12 bits per heavy atom. The van der Waals surface area contributed by atoms with Crippen LogP contribution in [0.25, 0.3) is 6.08 Å². The highest BCUT2D eigenvalue weighted by atomic mass is 35.5. The van der Waals surface area contributed by atoms with Crippen LogP contribution < -0.4 is 5.32 Å². The molecule has 1 heterocycles. The zero-order valence-electron chi connectivity index (χ0n) is 13.2. The molecule has 0 saturated carbocycles. The summed E-state index contributed by atoms with van der Waals surface area (Å²) in [5.74, 6) is -0.987. The number of nitrogens with one attached hydrogen (secondary N) is 1. The summed E-state index contributed by atoms with van der Waals surface area (Å²) in [4.78, 5) is 37.8. The third-order valence-corrected chi connectivity index (χ3v) is 4.95. The van der Waals surface area contributed by atoms with Crippen molar-refractivity contribution in [3.63, 3.8) is 0 Å². The van der Waals surface area contributed by atoms with Crippen molar-refractivity contribution in [2.45, 2.75) is 0 Å². The van der Waals surface area contributed by atoms with E-state index in [1.807, 2.05) is 6.07 Å². The standard InChI is InChI=1S/C18H12Cl2N2O3S/c19-12-7-6-11(14(20)9-12)8-15-17(24)22(18(25)26-15)10-16(23)21-13-4-2-1-3-5-13/h1-9H,10H2,(H,21,23)/b15-8+. The Hall–Kier alpha value is -2.28. The van der Waals surface area contributed by atoms with Crippen molar-refractivity contribution < 1.29 is 14.4 Å². The molecule has 0 radical (unpaired) electrons. The molecule has 8 heteroatoms. The summed E-state index contributed by atoms with van der Waals surface area (Å²) in [7, 11) is 0. The first-order valence-corrected chi connectivity index (χ1v) is 9.06. The average molecular weight is 407 g/mol. The summed E-state index contributed by atoms with van der Waals surface area (Å²) in [5.41, 5.74) is 1.16. The Balaban J connectivity index is 1.72. The number of hydrogen-bond donors (Lipinski definition) is 1. The molecule has 1 aliphatic heterocycles. The molecular formula is C18H12Cl2N2O3S. The molecule has 5 nitrogen and oxygen atoms in total. The number of amides is 3. The SMILES string of the molecule is O=C(CN1C(=O)S/C(=C/c2ccc(Cl)cc2Cl)C1=O)Nc1ccccc1. The number of imide groups is 1. The van der Waals surface area contributed by atoms with Gasteiger partial charge in [0.25, 0.3) is 11.1 Å². The fourth-order valence-corrected chi connectivity index (χ4v) is 3.55. The van der Waals surface area contributed by atoms with E-state index in [4.69, 9.17) is 23.2 Å². The molecule has 2 aromatic carbocycles. The lowest BCUT2D eigenvalue weighted by atomic mass is 10.2. The van der Waals surface area contributed by atoms with Crippen LogP contribution in [0.2, 0.25) is 10.0 Å². The van der Waals surface area contributed by atoms with E-state index in [0.717, 1.165) is 16.7 Å². The lowest BCUT2D eigenvalue weighted by Gasteiger charge is -2.12. The molecule has 0 spiro atoms. The number of rotatable bonds is 4. The van der Waals surface area contributed by atoms with Crippen LogP contribution in [0.4, 0.5) is 10.5 Å². The van der Waals surface area contributed by atoms with Crippen molar-refractivity contribution in [1.29, 1.82) is 0 Å². The predicted molar refractivity (Wildman–Crippen MR) is 104 cm³/mol. The summed E-state index contributed by atoms with van der Waals surface area (Å²) in [5, 5.41) is 2.97. The van der Waals surface area contributed by atoms with E-state index in [0.29, 0.717) is 21.3 Å². The topological polar surface area (TPSA) is 66.5 Å². The fourth-order valence-electron chi connectivity index (χ4n) is 2.26. The number of anilines is 1. The van der Waals surface area contributed by atoms with E-state index >= 15 is 0 Å². The molecule has 0 bridgehead atoms. The van der Waals surface area contributed by atoms with Gasteiger partial charge in [-0.15, -0.1) is 0 Å². The maximum atomic E-state index is 12.5. The molecule has 3 amide bonds. The summed E-state index contributed by atoms with van der Waals surface area (Å²) in [6.07, 6.45) is 1.51. The second-order valence-corrected chi connectivity index (χ2v) is 7.18. The van der Waals surface area contributed by atoms with Crippen molar-refractivity contribution in [2.75, 3.05) is 11.9 Å². The number of nitrogens with zero attached hydrogens (tertiary/aromatic N) is 1. The fraction of sp³-hybridized carbons (Fsp3) is 0.0556. The third-order valence-electron chi connectivity index (χ3n) is 3.48. The smallest absolute Gasteiger partial charge is 0.294 e. The number of thioether (sulfide) groups is 1. The van der Waals surface area contributed by atoms with Crippen LogP contribution in [0.5, 0.6) is 0 Å². The van der Waals surface area contributed by atoms with Crippen LogP contribution >= 0.6 is 35.0 Å². The molecule has 1 saturated heterocycles. The summed E-state index contributed by atoms with van der Waals surface area (Å²) >= 11 is 12.7. The molecule has 1 fully saturated rings. The Morgan fingerprint density at radius 2 is 1.85 bits per heavy atom. The third kappa shape index (κ3) is 4.27. The minimum absolute atomic E-state index is 0.201. The Morgan fingerprint density at radius 3 is 2.54 bits per heavy atom. The molecule has 0 aliphatic carbocycles. The van der Waals surface area contributed by atoms with Crippen molar-refractivity contribution in [1.82, 2.24) is 4.90 Å². The van der Waals surface area contributed by atoms with Gasteiger partial charge in [-0.25, -0.2) is 0 Å². The monoisotopic (exact) mass is 406 g/mol. The largest absolute Gasteiger partial charge is 0.325 e. The molecule has 0 aromatic heterocycles. The normalized spacial score (nSPS) is 15.6. The molecule has 1 aliphatic rings. The van der Waals surface area contributed by atoms with Gasteiger partial charge in [0, 0.05) is 15.7 Å². The van der Waals surface area contributed by atoms with Gasteiger partial charge in [-0.1, -0.05) is 47.5 Å². The molecule has 132 valence electrons. The van der Waals surface area contributed by atoms with E-state index < -0.39 is 17.1 Å². The minimum Gasteiger partial charge on any atom is -0.325 e. The lowest BCUT2D eigenvalue weighted by molar-refractivity contribution is -0.127. The van der Waals surface area contributed by atoms with Crippen LogP contribution in [0.15, 0.2) is 53.4 Å². The number of carbonyl (C=O) groups is 3. The van der Waals surface area contributed by atoms with Gasteiger partial charge in [-0.3, -0.25) is 19.3 Å². The van der Waals surface area contributed by atoms with Gasteiger partial charge in [-0.2, -0.15) is 0 Å². The maximum absolute atomic E-state index is 12.5. The van der Waals surface area contributed by atoms with Gasteiger partial charge in [0.15, 0.2) is 0 Å². The molecule has 0 unspecified atom stereocenters. The van der Waals surface area contributed by atoms with Gasteiger partial charge < -0.3 is 5.32 Å². The second kappa shape index (κ2) is 7.95. The number of para-hydroxylation sites is 1. The Kier molecular flexibility index (Phi) is 5.66. The van der Waals surface area contributed by atoms with Crippen molar-refractivity contribution >= 4 is 63.8 Å². The van der Waals surface area contributed by atoms with Crippen LogP contribution in [0, 0.1) is 0 Å². The second-order valence-electron chi connectivity index (χ2n) is 5.35. The van der Waals surface area contributed by atoms with E-state index in [9.17, 15) is 14.4 Å². The molecule has 0 atom stereocenters. The summed E-state index contributed by atoms with van der Waals surface area (Å²) in [6, 6.07) is 13.6. The van der Waals surface area contributed by atoms with Crippen molar-refractivity contribution in [3.05, 3.63) is 69.0 Å². The summed E-state index contributed by atoms with van der Waals surface area (Å²) in [6.45, 7) is -0.356. The molecule has 26 heavy (non-hydrogen) atoms. The van der Waals surface area contributed by atoms with E-state index in [-0.39, 0.29) is 11.4 Å². The number of halogens is 2. The number of carbonyl (C=O) groups excluding carboxylic acids is 3. The minimum atomic E-state index is -0.533. The van der Waals surface area contributed by atoms with E-state index in [2.05, 4.69) is 5.32 Å². The quantitative estimate of drug-likeness (QED) is 0.749. The molecular weight excluding hydrogens is 395 g/mol. The Bertz CT molecular complexity index is 916. The maximum Gasteiger partial charge on any atom is 0.294 e. The van der Waals surface area contributed by atoms with Crippen molar-refractivity contribution in [2.24, 2.45) is 0 Å². The van der Waals surface area contributed by atoms with Crippen molar-refractivity contribution in [3.8, 4) is 0 Å². The van der Waals surface area contributed by atoms with Crippen LogP contribution in [0.1, 0.15) is 5.56 Å². The summed E-state index contributed by atoms with van der Waals surface area (Å²) < 4.78 is 0. The lowest BCUT2D eigenvalue weighted by Crippen LogP contribution is -2.36. The molecule has 1 N–H and O–H groups in total. The zero-order chi connectivity index (χ0) is 18.7. The van der Waals surface area contributed by atoms with E-state index in [1.54, 1.807) is 42.5 Å². The highest BCUT2D eigenvalue weighted by Gasteiger charge is 2.36. The first kappa shape index (κ1) is 18.5. The number of hydrogen-bond acceptors (Lipinski definition) is 4. The van der Waals surface area contributed by atoms with Crippen LogP contribution in [0.3, 0.4) is 0 Å². The highest BCUT2D eigenvalue weighted by Crippen LogP contribution is 2.33. The van der Waals surface area contributed by atoms with Gasteiger partial charge in [0.2, 0.25) is 5.91 Å². The predicted octanol–water partition coefficient (Wildman–Crippen LogP) is 4.67. The van der Waals surface area contributed by atoms with Gasteiger partial charge >= 0.3 is 0 Å². The molecule has 3 rings (SSSR count). The highest BCUT2D eigenvalue weighted by molar-refractivity contribution is 8.18. The van der Waals surface area contributed by atoms with Gasteiger partial charge in [0.1, 0.15) is 6.54 Å². The van der Waals surface area contributed by atoms with E-state index in [1.165, 1.54) is 6.08 Å².